The van der Waals surface area contributed by atoms with E-state index in [4.69, 9.17) is 0 Å². The normalized spacial score (nSPS) is 14.8. The number of rotatable bonds is 4. The van der Waals surface area contributed by atoms with Gasteiger partial charge in [0.1, 0.15) is 18.0 Å². The van der Waals surface area contributed by atoms with Crippen LogP contribution >= 0.6 is 0 Å². The summed E-state index contributed by atoms with van der Waals surface area (Å²) in [5.74, 6) is 1.15. The highest BCUT2D eigenvalue weighted by Crippen LogP contribution is 2.31. The summed E-state index contributed by atoms with van der Waals surface area (Å²) < 4.78 is 13.2. The minimum atomic E-state index is -0.167. The van der Waals surface area contributed by atoms with E-state index in [1.807, 2.05) is 36.4 Å². The monoisotopic (exact) mass is 398 g/mol. The molecule has 1 fully saturated rings. The van der Waals surface area contributed by atoms with Crippen molar-refractivity contribution < 1.29 is 4.39 Å². The first-order valence-electron chi connectivity index (χ1n) is 10.3. The van der Waals surface area contributed by atoms with Gasteiger partial charge in [-0.3, -0.25) is 0 Å². The third-order valence-electron chi connectivity index (χ3n) is 5.87. The molecule has 1 aliphatic rings. The quantitative estimate of drug-likeness (QED) is 0.465. The Kier molecular flexibility index (Phi) is 5.01. The van der Waals surface area contributed by atoms with Crippen LogP contribution in [0.2, 0.25) is 0 Å². The summed E-state index contributed by atoms with van der Waals surface area (Å²) in [6, 6.07) is 23.5. The molecule has 0 saturated carbocycles. The van der Waals surface area contributed by atoms with Crippen molar-refractivity contribution in [3.8, 4) is 0 Å². The van der Waals surface area contributed by atoms with E-state index in [-0.39, 0.29) is 5.82 Å². The first-order chi connectivity index (χ1) is 14.8. The Hall–Kier alpha value is -3.47. The lowest BCUT2D eigenvalue weighted by Gasteiger charge is -2.34. The van der Waals surface area contributed by atoms with Crippen LogP contribution in [0.4, 0.5) is 21.6 Å². The highest BCUT2D eigenvalue weighted by molar-refractivity contribution is 5.90. The Labute approximate surface area is 175 Å². The van der Waals surface area contributed by atoms with Gasteiger partial charge in [-0.2, -0.15) is 0 Å². The Morgan fingerprint density at radius 1 is 0.833 bits per heavy atom. The molecule has 2 heterocycles. The summed E-state index contributed by atoms with van der Waals surface area (Å²) in [4.78, 5) is 11.1. The molecular formula is C25H23FN4. The van der Waals surface area contributed by atoms with Crippen LogP contribution in [-0.4, -0.2) is 23.1 Å². The number of benzene rings is 3. The van der Waals surface area contributed by atoms with E-state index in [9.17, 15) is 4.39 Å². The van der Waals surface area contributed by atoms with Crippen molar-refractivity contribution in [1.82, 2.24) is 9.97 Å². The third-order valence-corrected chi connectivity index (χ3v) is 5.87. The molecule has 0 amide bonds. The van der Waals surface area contributed by atoms with Gasteiger partial charge >= 0.3 is 0 Å². The second-order valence-corrected chi connectivity index (χ2v) is 7.72. The molecule has 4 nitrogen and oxygen atoms in total. The van der Waals surface area contributed by atoms with Crippen LogP contribution in [0.15, 0.2) is 79.1 Å². The van der Waals surface area contributed by atoms with E-state index in [1.54, 1.807) is 18.5 Å². The molecule has 5 rings (SSSR count). The topological polar surface area (TPSA) is 41.0 Å². The zero-order chi connectivity index (χ0) is 20.3. The molecule has 0 atom stereocenters. The zero-order valence-corrected chi connectivity index (χ0v) is 16.6. The number of hydrogen-bond acceptors (Lipinski definition) is 4. The van der Waals surface area contributed by atoms with E-state index in [1.165, 1.54) is 11.3 Å². The number of piperidine rings is 1. The molecule has 3 aromatic carbocycles. The summed E-state index contributed by atoms with van der Waals surface area (Å²) in [6.45, 7) is 2.01. The molecule has 4 aromatic rings. The highest BCUT2D eigenvalue weighted by atomic mass is 19.1. The van der Waals surface area contributed by atoms with Crippen molar-refractivity contribution in [3.05, 3.63) is 90.5 Å². The molecule has 0 aliphatic carbocycles. The van der Waals surface area contributed by atoms with Gasteiger partial charge in [-0.15, -0.1) is 0 Å². The van der Waals surface area contributed by atoms with Crippen LogP contribution in [0.1, 0.15) is 24.3 Å². The molecule has 1 aliphatic heterocycles. The summed E-state index contributed by atoms with van der Waals surface area (Å²) in [6.07, 6.45) is 3.75. The lowest BCUT2D eigenvalue weighted by atomic mass is 9.89. The molecule has 150 valence electrons. The first kappa shape index (κ1) is 18.6. The van der Waals surface area contributed by atoms with Gasteiger partial charge in [-0.1, -0.05) is 24.3 Å². The number of para-hydroxylation sites is 1. The molecular weight excluding hydrogens is 375 g/mol. The lowest BCUT2D eigenvalue weighted by Crippen LogP contribution is -2.32. The van der Waals surface area contributed by atoms with Crippen LogP contribution in [0, 0.1) is 5.82 Å². The van der Waals surface area contributed by atoms with Crippen LogP contribution in [-0.2, 0) is 0 Å². The molecule has 0 unspecified atom stereocenters. The van der Waals surface area contributed by atoms with Gasteiger partial charge in [-0.05, 0) is 72.9 Å². The van der Waals surface area contributed by atoms with Crippen LogP contribution in [0.3, 0.4) is 0 Å². The third kappa shape index (κ3) is 3.83. The van der Waals surface area contributed by atoms with Gasteiger partial charge < -0.3 is 10.2 Å². The predicted octanol–water partition coefficient (Wildman–Crippen LogP) is 5.90. The number of nitrogens with one attached hydrogen (secondary N) is 1. The predicted molar refractivity (Wildman–Crippen MR) is 120 cm³/mol. The fraction of sp³-hybridized carbons (Fsp3) is 0.200. The molecule has 0 radical (unpaired) electrons. The Morgan fingerprint density at radius 2 is 1.57 bits per heavy atom. The minimum absolute atomic E-state index is 0.167. The number of fused-ring (bicyclic) bond motifs is 1. The molecule has 1 N–H and O–H groups in total. The number of anilines is 3. The Balaban J connectivity index is 1.25. The van der Waals surface area contributed by atoms with E-state index < -0.39 is 0 Å². The average molecular weight is 398 g/mol. The molecule has 5 heteroatoms. The number of hydrogen-bond donors (Lipinski definition) is 1. The second-order valence-electron chi connectivity index (χ2n) is 7.72. The van der Waals surface area contributed by atoms with Gasteiger partial charge in [0.2, 0.25) is 0 Å². The fourth-order valence-electron chi connectivity index (χ4n) is 4.20. The maximum atomic E-state index is 13.2. The van der Waals surface area contributed by atoms with Gasteiger partial charge in [-0.25, -0.2) is 14.4 Å². The van der Waals surface area contributed by atoms with Gasteiger partial charge in [0.15, 0.2) is 0 Å². The zero-order valence-electron chi connectivity index (χ0n) is 16.6. The Bertz CT molecular complexity index is 1130. The maximum absolute atomic E-state index is 13.2. The molecule has 0 bridgehead atoms. The standard InChI is InChI=1S/C25H23FN4/c26-20-7-5-18(6-8-20)19-13-15-30(16-14-19)22-11-9-21(10-12-22)29-25-23-3-1-2-4-24(23)27-17-28-25/h1-12,17,19H,13-16H2,(H,27,28,29). The molecule has 1 aromatic heterocycles. The van der Waals surface area contributed by atoms with Gasteiger partial charge in [0.25, 0.3) is 0 Å². The van der Waals surface area contributed by atoms with E-state index in [2.05, 4.69) is 44.5 Å². The van der Waals surface area contributed by atoms with Crippen molar-refractivity contribution in [2.75, 3.05) is 23.3 Å². The summed E-state index contributed by atoms with van der Waals surface area (Å²) in [5, 5.41) is 4.42. The van der Waals surface area contributed by atoms with Gasteiger partial charge in [0, 0.05) is 29.9 Å². The minimum Gasteiger partial charge on any atom is -0.371 e. The van der Waals surface area contributed by atoms with Crippen molar-refractivity contribution in [3.63, 3.8) is 0 Å². The van der Waals surface area contributed by atoms with E-state index in [0.29, 0.717) is 5.92 Å². The van der Waals surface area contributed by atoms with Crippen molar-refractivity contribution in [2.45, 2.75) is 18.8 Å². The van der Waals surface area contributed by atoms with Crippen LogP contribution < -0.4 is 10.2 Å². The SMILES string of the molecule is Fc1ccc(C2CCN(c3ccc(Nc4ncnc5ccccc45)cc3)CC2)cc1. The molecule has 1 saturated heterocycles. The second kappa shape index (κ2) is 8.11. The summed E-state index contributed by atoms with van der Waals surface area (Å²) in [7, 11) is 0. The number of aromatic nitrogens is 2. The van der Waals surface area contributed by atoms with Crippen molar-refractivity contribution >= 4 is 28.1 Å². The average Bonchev–Trinajstić information content (AvgIpc) is 2.81. The van der Waals surface area contributed by atoms with E-state index >= 15 is 0 Å². The first-order valence-corrected chi connectivity index (χ1v) is 10.3. The summed E-state index contributed by atoms with van der Waals surface area (Å²) in [5.41, 5.74) is 4.40. The maximum Gasteiger partial charge on any atom is 0.141 e. The van der Waals surface area contributed by atoms with Crippen molar-refractivity contribution in [1.29, 1.82) is 0 Å². The largest absolute Gasteiger partial charge is 0.371 e. The van der Waals surface area contributed by atoms with Crippen LogP contribution in [0.25, 0.3) is 10.9 Å². The van der Waals surface area contributed by atoms with E-state index in [0.717, 1.165) is 48.3 Å². The molecule has 0 spiro atoms. The summed E-state index contributed by atoms with van der Waals surface area (Å²) >= 11 is 0. The van der Waals surface area contributed by atoms with Gasteiger partial charge in [0.05, 0.1) is 5.52 Å². The number of halogens is 1. The lowest BCUT2D eigenvalue weighted by molar-refractivity contribution is 0.504. The smallest absolute Gasteiger partial charge is 0.141 e. The number of nitrogens with zero attached hydrogens (tertiary/aromatic N) is 3. The van der Waals surface area contributed by atoms with Crippen LogP contribution in [0.5, 0.6) is 0 Å². The Morgan fingerprint density at radius 3 is 2.33 bits per heavy atom. The highest BCUT2D eigenvalue weighted by Gasteiger charge is 2.20. The van der Waals surface area contributed by atoms with Crippen molar-refractivity contribution in [2.24, 2.45) is 0 Å². The fourth-order valence-corrected chi connectivity index (χ4v) is 4.20. The molecule has 30 heavy (non-hydrogen) atoms.